The normalized spacial score (nSPS) is 11.7. The first-order valence-corrected chi connectivity index (χ1v) is 6.96. The molecular weight excluding hydrogens is 224 g/mol. The van der Waals surface area contributed by atoms with E-state index in [4.69, 9.17) is 0 Å². The van der Waals surface area contributed by atoms with Gasteiger partial charge in [-0.1, -0.05) is 38.0 Å². The van der Waals surface area contributed by atoms with Crippen molar-refractivity contribution in [2.75, 3.05) is 0 Å². The Balaban J connectivity index is 3.04. The summed E-state index contributed by atoms with van der Waals surface area (Å²) in [5, 5.41) is 0. The molecule has 0 saturated heterocycles. The molecule has 0 aliphatic rings. The Morgan fingerprint density at radius 1 is 1.25 bits per heavy atom. The van der Waals surface area contributed by atoms with Gasteiger partial charge < -0.3 is 0 Å². The Kier molecular flexibility index (Phi) is 4.50. The highest BCUT2D eigenvalue weighted by atomic mass is 32.2. The summed E-state index contributed by atoms with van der Waals surface area (Å²) in [5.41, 5.74) is 1.33. The molecule has 0 fully saturated rings. The minimum Gasteiger partial charge on any atom is -0.282 e. The fourth-order valence-electron chi connectivity index (χ4n) is 1.84. The lowest BCUT2D eigenvalue weighted by Crippen LogP contribution is -2.05. The largest absolute Gasteiger partial charge is 0.295 e. The molecule has 0 heterocycles. The summed E-state index contributed by atoms with van der Waals surface area (Å²) in [4.78, 5) is 0.0890. The van der Waals surface area contributed by atoms with Gasteiger partial charge in [0.05, 0.1) is 4.90 Å². The molecule has 1 N–H and O–H groups in total. The van der Waals surface area contributed by atoms with Crippen molar-refractivity contribution < 1.29 is 13.0 Å². The lowest BCUT2D eigenvalue weighted by Gasteiger charge is -2.09. The molecule has 1 aromatic carbocycles. The van der Waals surface area contributed by atoms with Crippen LogP contribution in [-0.2, 0) is 16.5 Å². The van der Waals surface area contributed by atoms with Gasteiger partial charge in [-0.25, -0.2) is 0 Å². The molecule has 0 radical (unpaired) electrons. The van der Waals surface area contributed by atoms with Gasteiger partial charge in [-0.3, -0.25) is 4.55 Å². The number of rotatable bonds is 5. The molecule has 1 aromatic rings. The van der Waals surface area contributed by atoms with Crippen LogP contribution in [0.3, 0.4) is 0 Å². The van der Waals surface area contributed by atoms with Crippen molar-refractivity contribution in [3.8, 4) is 0 Å². The topological polar surface area (TPSA) is 54.4 Å². The summed E-state index contributed by atoms with van der Waals surface area (Å²) in [5.74, 6) is 0. The van der Waals surface area contributed by atoms with Crippen molar-refractivity contribution in [3.63, 3.8) is 0 Å². The number of aryl methyl sites for hydroxylation is 2. The van der Waals surface area contributed by atoms with Crippen molar-refractivity contribution in [1.82, 2.24) is 0 Å². The third-order valence-corrected chi connectivity index (χ3v) is 3.70. The molecule has 4 heteroatoms. The molecule has 3 nitrogen and oxygen atoms in total. The highest BCUT2D eigenvalue weighted by Gasteiger charge is 2.17. The molecule has 16 heavy (non-hydrogen) atoms. The van der Waals surface area contributed by atoms with Gasteiger partial charge in [0.15, 0.2) is 0 Å². The van der Waals surface area contributed by atoms with Crippen LogP contribution >= 0.6 is 0 Å². The van der Waals surface area contributed by atoms with E-state index < -0.39 is 10.1 Å². The van der Waals surface area contributed by atoms with E-state index >= 15 is 0 Å². The Bertz CT molecular complexity index is 449. The van der Waals surface area contributed by atoms with E-state index in [0.717, 1.165) is 24.8 Å². The van der Waals surface area contributed by atoms with Gasteiger partial charge in [0.2, 0.25) is 0 Å². The molecule has 1 rings (SSSR count). The van der Waals surface area contributed by atoms with Gasteiger partial charge in [0.1, 0.15) is 0 Å². The number of unbranched alkanes of at least 4 members (excludes halogenated alkanes) is 2. The van der Waals surface area contributed by atoms with Gasteiger partial charge in [-0.15, -0.1) is 0 Å². The van der Waals surface area contributed by atoms with Crippen LogP contribution in [0, 0.1) is 6.92 Å². The lowest BCUT2D eigenvalue weighted by molar-refractivity contribution is 0.481. The zero-order valence-electron chi connectivity index (χ0n) is 9.73. The second-order valence-electron chi connectivity index (χ2n) is 4.00. The van der Waals surface area contributed by atoms with Crippen molar-refractivity contribution >= 4 is 10.1 Å². The average molecular weight is 242 g/mol. The maximum atomic E-state index is 11.3. The van der Waals surface area contributed by atoms with E-state index in [9.17, 15) is 13.0 Å². The zero-order valence-corrected chi connectivity index (χ0v) is 10.5. The van der Waals surface area contributed by atoms with Crippen LogP contribution in [-0.4, -0.2) is 13.0 Å². The van der Waals surface area contributed by atoms with Crippen LogP contribution in [0.25, 0.3) is 0 Å². The Morgan fingerprint density at radius 2 is 1.94 bits per heavy atom. The smallest absolute Gasteiger partial charge is 0.282 e. The molecule has 0 bridgehead atoms. The summed E-state index contributed by atoms with van der Waals surface area (Å²) >= 11 is 0. The SMILES string of the molecule is CCCCCc1cccc(C)c1S(=O)(=O)O. The Morgan fingerprint density at radius 3 is 2.50 bits per heavy atom. The van der Waals surface area contributed by atoms with Crippen LogP contribution in [0.15, 0.2) is 23.1 Å². The first-order chi connectivity index (χ1) is 7.46. The first-order valence-electron chi connectivity index (χ1n) is 5.52. The molecule has 0 aliphatic heterocycles. The Labute approximate surface area is 97.2 Å². The maximum Gasteiger partial charge on any atom is 0.295 e. The van der Waals surface area contributed by atoms with Gasteiger partial charge in [-0.2, -0.15) is 8.42 Å². The maximum absolute atomic E-state index is 11.3. The summed E-state index contributed by atoms with van der Waals surface area (Å²) in [6, 6.07) is 5.30. The van der Waals surface area contributed by atoms with E-state index in [1.165, 1.54) is 0 Å². The van der Waals surface area contributed by atoms with E-state index in [0.29, 0.717) is 12.0 Å². The van der Waals surface area contributed by atoms with Crippen LogP contribution in [0.4, 0.5) is 0 Å². The molecule has 0 amide bonds. The van der Waals surface area contributed by atoms with Gasteiger partial charge >= 0.3 is 0 Å². The van der Waals surface area contributed by atoms with Crippen molar-refractivity contribution in [2.24, 2.45) is 0 Å². The average Bonchev–Trinajstić information content (AvgIpc) is 2.16. The number of hydrogen-bond acceptors (Lipinski definition) is 2. The number of benzene rings is 1. The molecule has 0 aliphatic carbocycles. The van der Waals surface area contributed by atoms with Crippen LogP contribution < -0.4 is 0 Å². The minimum absolute atomic E-state index is 0.0890. The summed E-state index contributed by atoms with van der Waals surface area (Å²) < 4.78 is 31.7. The molecule has 0 saturated carbocycles. The van der Waals surface area contributed by atoms with Crippen LogP contribution in [0.1, 0.15) is 37.3 Å². The molecule has 0 unspecified atom stereocenters. The zero-order chi connectivity index (χ0) is 12.2. The van der Waals surface area contributed by atoms with Gasteiger partial charge in [-0.05, 0) is 30.9 Å². The lowest BCUT2D eigenvalue weighted by atomic mass is 10.1. The highest BCUT2D eigenvalue weighted by Crippen LogP contribution is 2.21. The minimum atomic E-state index is -4.10. The van der Waals surface area contributed by atoms with Crippen LogP contribution in [0.5, 0.6) is 0 Å². The summed E-state index contributed by atoms with van der Waals surface area (Å²) in [6.07, 6.45) is 3.80. The fraction of sp³-hybridized carbons (Fsp3) is 0.500. The van der Waals surface area contributed by atoms with E-state index in [2.05, 4.69) is 6.92 Å². The van der Waals surface area contributed by atoms with E-state index in [1.807, 2.05) is 6.07 Å². The van der Waals surface area contributed by atoms with Gasteiger partial charge in [0, 0.05) is 0 Å². The summed E-state index contributed by atoms with van der Waals surface area (Å²) in [6.45, 7) is 3.80. The van der Waals surface area contributed by atoms with E-state index in [-0.39, 0.29) is 4.90 Å². The molecule has 0 atom stereocenters. The molecule has 0 aromatic heterocycles. The monoisotopic (exact) mass is 242 g/mol. The first kappa shape index (κ1) is 13.2. The van der Waals surface area contributed by atoms with Crippen molar-refractivity contribution in [1.29, 1.82) is 0 Å². The van der Waals surface area contributed by atoms with Gasteiger partial charge in [0.25, 0.3) is 10.1 Å². The predicted octanol–water partition coefficient (Wildman–Crippen LogP) is 2.97. The van der Waals surface area contributed by atoms with Crippen molar-refractivity contribution in [3.05, 3.63) is 29.3 Å². The third-order valence-electron chi connectivity index (χ3n) is 2.60. The fourth-order valence-corrected chi connectivity index (χ4v) is 2.82. The summed E-state index contributed by atoms with van der Waals surface area (Å²) in [7, 11) is -4.10. The molecular formula is C12H18O3S. The predicted molar refractivity (Wildman–Crippen MR) is 64.2 cm³/mol. The van der Waals surface area contributed by atoms with E-state index in [1.54, 1.807) is 19.1 Å². The standard InChI is InChI=1S/C12H18O3S/c1-3-4-5-8-11-9-6-7-10(2)12(11)16(13,14)15/h6-7,9H,3-5,8H2,1-2H3,(H,13,14,15). The number of hydrogen-bond donors (Lipinski definition) is 1. The third kappa shape index (κ3) is 3.32. The second kappa shape index (κ2) is 5.46. The highest BCUT2D eigenvalue weighted by molar-refractivity contribution is 7.86. The molecule has 90 valence electrons. The quantitative estimate of drug-likeness (QED) is 0.638. The molecule has 0 spiro atoms. The Hall–Kier alpha value is -0.870. The second-order valence-corrected chi connectivity index (χ2v) is 5.35. The van der Waals surface area contributed by atoms with Crippen molar-refractivity contribution in [2.45, 2.75) is 44.4 Å². The van der Waals surface area contributed by atoms with Crippen LogP contribution in [0.2, 0.25) is 0 Å².